The van der Waals surface area contributed by atoms with Crippen LogP contribution in [-0.2, 0) is 0 Å². The van der Waals surface area contributed by atoms with Crippen LogP contribution in [0.5, 0.6) is 0 Å². The zero-order valence-corrected chi connectivity index (χ0v) is 26.6. The van der Waals surface area contributed by atoms with E-state index in [-0.39, 0.29) is 0 Å². The molecule has 0 aliphatic heterocycles. The van der Waals surface area contributed by atoms with E-state index < -0.39 is 0 Å². The van der Waals surface area contributed by atoms with Gasteiger partial charge in [0.1, 0.15) is 22.6 Å². The molecule has 11 rings (SSSR count). The fourth-order valence-corrected chi connectivity index (χ4v) is 8.34. The topological polar surface area (TPSA) is 69.1 Å². The van der Waals surface area contributed by atoms with E-state index in [0.29, 0.717) is 5.82 Å². The fraction of sp³-hybridized carbons (Fsp3) is 0. The number of rotatable bonds is 3. The Morgan fingerprint density at radius 2 is 1.35 bits per heavy atom. The van der Waals surface area contributed by atoms with E-state index in [1.165, 1.54) is 4.70 Å². The monoisotopic (exact) mass is 645 g/mol. The molecule has 0 aliphatic carbocycles. The molecule has 6 aromatic carbocycles. The first-order valence-electron chi connectivity index (χ1n) is 16.2. The average molecular weight is 646 g/mol. The van der Waals surface area contributed by atoms with Crippen LogP contribution in [0.4, 0.5) is 0 Å². The van der Waals surface area contributed by atoms with Crippen molar-refractivity contribution in [3.05, 3.63) is 140 Å². The van der Waals surface area contributed by atoms with Crippen molar-refractivity contribution in [1.29, 1.82) is 0 Å². The minimum absolute atomic E-state index is 0.708. The summed E-state index contributed by atoms with van der Waals surface area (Å²) in [5, 5.41) is 4.16. The van der Waals surface area contributed by atoms with Crippen molar-refractivity contribution in [2.45, 2.75) is 0 Å². The van der Waals surface area contributed by atoms with E-state index in [1.54, 1.807) is 11.3 Å². The normalized spacial score (nSPS) is 12.1. The first-order chi connectivity index (χ1) is 24.3. The summed E-state index contributed by atoms with van der Waals surface area (Å²) in [6.07, 6.45) is 0. The molecule has 49 heavy (non-hydrogen) atoms. The maximum absolute atomic E-state index is 6.52. The summed E-state index contributed by atoms with van der Waals surface area (Å²) in [6, 6.07) is 47.7. The first-order valence-corrected chi connectivity index (χ1v) is 17.0. The molecule has 7 heteroatoms. The van der Waals surface area contributed by atoms with E-state index in [0.717, 1.165) is 93.3 Å². The zero-order chi connectivity index (χ0) is 32.1. The predicted molar refractivity (Wildman–Crippen MR) is 200 cm³/mol. The van der Waals surface area contributed by atoms with Crippen molar-refractivity contribution >= 4 is 81.2 Å². The molecule has 0 saturated carbocycles. The maximum atomic E-state index is 6.52. The SMILES string of the molecule is c1ccc(-c2nc(-c3ccc4oc5cccc(-c6nc7ccccc7c7nc8ccccc8n67)c5c4c3)c3sc4ccccc4c3n2)cc1. The Kier molecular flexibility index (Phi) is 5.45. The van der Waals surface area contributed by atoms with Crippen molar-refractivity contribution in [2.24, 2.45) is 0 Å². The molecule has 0 amide bonds. The lowest BCUT2D eigenvalue weighted by Crippen LogP contribution is -1.98. The number of thiophene rings is 1. The van der Waals surface area contributed by atoms with Crippen LogP contribution < -0.4 is 0 Å². The van der Waals surface area contributed by atoms with Gasteiger partial charge in [0.2, 0.25) is 0 Å². The van der Waals surface area contributed by atoms with Gasteiger partial charge in [0.05, 0.1) is 32.5 Å². The smallest absolute Gasteiger partial charge is 0.160 e. The van der Waals surface area contributed by atoms with Crippen molar-refractivity contribution in [3.8, 4) is 34.0 Å². The third-order valence-electron chi connectivity index (χ3n) is 9.41. The molecule has 5 aromatic heterocycles. The average Bonchev–Trinajstić information content (AvgIpc) is 3.86. The number of hydrogen-bond acceptors (Lipinski definition) is 6. The molecule has 0 unspecified atom stereocenters. The molecular formula is C42H23N5OS. The highest BCUT2D eigenvalue weighted by Gasteiger charge is 2.22. The van der Waals surface area contributed by atoms with Gasteiger partial charge in [-0.25, -0.2) is 19.9 Å². The molecule has 6 nitrogen and oxygen atoms in total. The van der Waals surface area contributed by atoms with Crippen molar-refractivity contribution in [1.82, 2.24) is 24.3 Å². The number of benzene rings is 6. The van der Waals surface area contributed by atoms with Crippen molar-refractivity contribution < 1.29 is 4.42 Å². The number of fused-ring (bicyclic) bond motifs is 11. The Morgan fingerprint density at radius 1 is 0.551 bits per heavy atom. The van der Waals surface area contributed by atoms with Crippen LogP contribution >= 0.6 is 11.3 Å². The minimum Gasteiger partial charge on any atom is -0.456 e. The second-order valence-electron chi connectivity index (χ2n) is 12.2. The number of hydrogen-bond donors (Lipinski definition) is 0. The lowest BCUT2D eigenvalue weighted by Gasteiger charge is -2.10. The number of furan rings is 1. The van der Waals surface area contributed by atoms with Gasteiger partial charge in [0.25, 0.3) is 0 Å². The molecule has 0 N–H and O–H groups in total. The largest absolute Gasteiger partial charge is 0.456 e. The Labute approximate surface area is 282 Å². The summed E-state index contributed by atoms with van der Waals surface area (Å²) >= 11 is 1.73. The highest BCUT2D eigenvalue weighted by Crippen LogP contribution is 2.43. The van der Waals surface area contributed by atoms with Gasteiger partial charge in [-0.3, -0.25) is 4.40 Å². The molecule has 5 heterocycles. The summed E-state index contributed by atoms with van der Waals surface area (Å²) in [5.41, 5.74) is 10.2. The number of aromatic nitrogens is 5. The maximum Gasteiger partial charge on any atom is 0.160 e. The molecule has 228 valence electrons. The van der Waals surface area contributed by atoms with Gasteiger partial charge in [-0.05, 0) is 54.6 Å². The lowest BCUT2D eigenvalue weighted by molar-refractivity contribution is 0.669. The van der Waals surface area contributed by atoms with Crippen LogP contribution in [0.15, 0.2) is 144 Å². The van der Waals surface area contributed by atoms with Crippen LogP contribution in [-0.4, -0.2) is 24.3 Å². The van der Waals surface area contributed by atoms with Gasteiger partial charge in [0, 0.05) is 42.9 Å². The molecular weight excluding hydrogens is 623 g/mol. The molecule has 0 fully saturated rings. The van der Waals surface area contributed by atoms with Crippen molar-refractivity contribution in [3.63, 3.8) is 0 Å². The molecule has 0 radical (unpaired) electrons. The van der Waals surface area contributed by atoms with Crippen LogP contribution in [0.25, 0.3) is 104 Å². The molecule has 11 aromatic rings. The minimum atomic E-state index is 0.708. The molecule has 0 atom stereocenters. The second kappa shape index (κ2) is 10.0. The number of nitrogens with zero attached hydrogens (tertiary/aromatic N) is 5. The third kappa shape index (κ3) is 3.87. The second-order valence-corrected chi connectivity index (χ2v) is 13.3. The summed E-state index contributed by atoms with van der Waals surface area (Å²) < 4.78 is 11.0. The number of imidazole rings is 1. The van der Waals surface area contributed by atoms with E-state index >= 15 is 0 Å². The van der Waals surface area contributed by atoms with Gasteiger partial charge in [-0.1, -0.05) is 84.9 Å². The van der Waals surface area contributed by atoms with Crippen LogP contribution in [0.2, 0.25) is 0 Å². The van der Waals surface area contributed by atoms with Gasteiger partial charge >= 0.3 is 0 Å². The summed E-state index contributed by atoms with van der Waals surface area (Å²) in [4.78, 5) is 20.7. The number of para-hydroxylation sites is 3. The Balaban J connectivity index is 1.22. The van der Waals surface area contributed by atoms with Crippen molar-refractivity contribution in [2.75, 3.05) is 0 Å². The van der Waals surface area contributed by atoms with E-state index in [1.807, 2.05) is 48.5 Å². The standard InChI is InChI=1S/C42H23N5OS/c1-2-11-24(12-3-1)40-45-37(39-38(46-40)27-14-5-9-20-35(27)49-39)25-21-22-33-29(23-25)36-28(15-10-19-34(36)48-33)42-43-30-16-6-4-13-26(30)41-44-31-17-7-8-18-32(31)47(41)42/h1-23H. The summed E-state index contributed by atoms with van der Waals surface area (Å²) in [5.74, 6) is 1.53. The predicted octanol–water partition coefficient (Wildman–Crippen LogP) is 11.1. The van der Waals surface area contributed by atoms with Gasteiger partial charge in [-0.2, -0.15) is 0 Å². The highest BCUT2D eigenvalue weighted by molar-refractivity contribution is 7.26. The van der Waals surface area contributed by atoms with Crippen LogP contribution in [0.1, 0.15) is 0 Å². The summed E-state index contributed by atoms with van der Waals surface area (Å²) in [7, 11) is 0. The molecule has 0 spiro atoms. The van der Waals surface area contributed by atoms with Gasteiger partial charge in [-0.15, -0.1) is 11.3 Å². The Bertz CT molecular complexity index is 3120. The van der Waals surface area contributed by atoms with Crippen LogP contribution in [0, 0.1) is 0 Å². The highest BCUT2D eigenvalue weighted by atomic mass is 32.1. The van der Waals surface area contributed by atoms with E-state index in [2.05, 4.69) is 95.4 Å². The van der Waals surface area contributed by atoms with Gasteiger partial charge < -0.3 is 4.42 Å². The molecule has 0 saturated heterocycles. The van der Waals surface area contributed by atoms with E-state index in [9.17, 15) is 0 Å². The fourth-order valence-electron chi connectivity index (χ4n) is 7.19. The summed E-state index contributed by atoms with van der Waals surface area (Å²) in [6.45, 7) is 0. The third-order valence-corrected chi connectivity index (χ3v) is 10.6. The van der Waals surface area contributed by atoms with E-state index in [4.69, 9.17) is 24.4 Å². The zero-order valence-electron chi connectivity index (χ0n) is 25.8. The van der Waals surface area contributed by atoms with Gasteiger partial charge in [0.15, 0.2) is 5.82 Å². The molecule has 0 aliphatic rings. The van der Waals surface area contributed by atoms with Crippen LogP contribution in [0.3, 0.4) is 0 Å². The Morgan fingerprint density at radius 3 is 2.27 bits per heavy atom. The lowest BCUT2D eigenvalue weighted by atomic mass is 10.0. The molecule has 0 bridgehead atoms. The first kappa shape index (κ1) is 26.6. The Hall–Kier alpha value is -6.44. The quantitative estimate of drug-likeness (QED) is 0.191.